The minimum atomic E-state index is 0.0487. The lowest BCUT2D eigenvalue weighted by atomic mass is 10.0. The van der Waals surface area contributed by atoms with Crippen LogP contribution in [-0.2, 0) is 11.3 Å². The Morgan fingerprint density at radius 1 is 1.00 bits per heavy atom. The monoisotopic (exact) mass is 395 g/mol. The molecule has 0 radical (unpaired) electrons. The predicted molar refractivity (Wildman–Crippen MR) is 121 cm³/mol. The van der Waals surface area contributed by atoms with Crippen LogP contribution in [0.3, 0.4) is 0 Å². The van der Waals surface area contributed by atoms with Crippen LogP contribution in [0.1, 0.15) is 34.9 Å². The van der Waals surface area contributed by atoms with E-state index in [9.17, 15) is 4.79 Å². The molecule has 0 spiro atoms. The molecule has 5 rings (SSSR count). The lowest BCUT2D eigenvalue weighted by Crippen LogP contribution is -2.16. The summed E-state index contributed by atoms with van der Waals surface area (Å²) >= 11 is 0. The van der Waals surface area contributed by atoms with Gasteiger partial charge in [-0.15, -0.1) is 0 Å². The molecule has 1 saturated carbocycles. The molecule has 2 atom stereocenters. The van der Waals surface area contributed by atoms with Crippen LogP contribution in [0.4, 0.5) is 5.69 Å². The fraction of sp³-hybridized carbons (Fsp3) is 0.231. The third-order valence-electron chi connectivity index (χ3n) is 6.18. The number of carbonyl (C=O) groups is 1. The number of hydrogen-bond acceptors (Lipinski definition) is 2. The van der Waals surface area contributed by atoms with Crippen LogP contribution < -0.4 is 5.32 Å². The average Bonchev–Trinajstić information content (AvgIpc) is 3.54. The number of amides is 1. The Bertz CT molecular complexity index is 1220. The number of fused-ring (bicyclic) bond motifs is 1. The highest BCUT2D eigenvalue weighted by atomic mass is 16.2. The van der Waals surface area contributed by atoms with E-state index in [1.165, 1.54) is 21.9 Å². The van der Waals surface area contributed by atoms with Crippen LogP contribution in [0.5, 0.6) is 0 Å². The molecule has 1 aliphatic carbocycles. The van der Waals surface area contributed by atoms with Gasteiger partial charge in [0.25, 0.3) is 0 Å². The van der Waals surface area contributed by atoms with E-state index < -0.39 is 0 Å². The standard InChI is InChI=1S/C26H25N3O/c1-17-25(27-26(30)24-15-23(24)20-9-4-3-5-10-20)18(2)29(28-17)16-21-13-8-12-19-11-6-7-14-22(19)21/h3-14,23-24H,15-16H2,1-2H3,(H,27,30)/t23-,24-/m1/s1. The number of benzene rings is 3. The van der Waals surface area contributed by atoms with Crippen molar-refractivity contribution in [2.45, 2.75) is 32.7 Å². The number of aromatic nitrogens is 2. The van der Waals surface area contributed by atoms with Crippen LogP contribution >= 0.6 is 0 Å². The largest absolute Gasteiger partial charge is 0.323 e. The van der Waals surface area contributed by atoms with E-state index in [0.29, 0.717) is 12.5 Å². The van der Waals surface area contributed by atoms with E-state index in [1.54, 1.807) is 0 Å². The van der Waals surface area contributed by atoms with Gasteiger partial charge in [-0.1, -0.05) is 72.8 Å². The highest BCUT2D eigenvalue weighted by Gasteiger charge is 2.44. The van der Waals surface area contributed by atoms with Crippen molar-refractivity contribution in [3.8, 4) is 0 Å². The van der Waals surface area contributed by atoms with Gasteiger partial charge < -0.3 is 5.32 Å². The molecule has 1 heterocycles. The van der Waals surface area contributed by atoms with Crippen LogP contribution in [0.15, 0.2) is 72.8 Å². The lowest BCUT2D eigenvalue weighted by Gasteiger charge is -2.09. The fourth-order valence-electron chi connectivity index (χ4n) is 4.39. The summed E-state index contributed by atoms with van der Waals surface area (Å²) in [5.74, 6) is 0.477. The third kappa shape index (κ3) is 3.39. The van der Waals surface area contributed by atoms with Crippen molar-refractivity contribution in [3.63, 3.8) is 0 Å². The molecule has 4 heteroatoms. The lowest BCUT2D eigenvalue weighted by molar-refractivity contribution is -0.117. The molecule has 0 saturated heterocycles. The SMILES string of the molecule is Cc1nn(Cc2cccc3ccccc23)c(C)c1NC(=O)[C@@H]1C[C@@H]1c1ccccc1. The quantitative estimate of drug-likeness (QED) is 0.489. The van der Waals surface area contributed by atoms with Gasteiger partial charge in [0, 0.05) is 5.92 Å². The molecular weight excluding hydrogens is 370 g/mol. The van der Waals surface area contributed by atoms with Gasteiger partial charge in [0.2, 0.25) is 5.91 Å². The van der Waals surface area contributed by atoms with E-state index >= 15 is 0 Å². The van der Waals surface area contributed by atoms with Crippen molar-refractivity contribution in [2.24, 2.45) is 5.92 Å². The zero-order chi connectivity index (χ0) is 20.7. The summed E-state index contributed by atoms with van der Waals surface area (Å²) in [5.41, 5.74) is 5.17. The molecule has 4 nitrogen and oxygen atoms in total. The maximum absolute atomic E-state index is 12.9. The van der Waals surface area contributed by atoms with Gasteiger partial charge in [0.15, 0.2) is 0 Å². The Labute approximate surface area is 176 Å². The molecule has 1 aromatic heterocycles. The molecule has 1 aliphatic rings. The molecule has 1 N–H and O–H groups in total. The third-order valence-corrected chi connectivity index (χ3v) is 6.18. The Kier molecular flexibility index (Phi) is 4.62. The van der Waals surface area contributed by atoms with Gasteiger partial charge in [-0.2, -0.15) is 5.10 Å². The van der Waals surface area contributed by atoms with Crippen molar-refractivity contribution in [2.75, 3.05) is 5.32 Å². The van der Waals surface area contributed by atoms with Gasteiger partial charge in [0.05, 0.1) is 23.6 Å². The summed E-state index contributed by atoms with van der Waals surface area (Å²) in [4.78, 5) is 12.9. The molecule has 3 aromatic carbocycles. The molecule has 150 valence electrons. The summed E-state index contributed by atoms with van der Waals surface area (Å²) in [6.45, 7) is 4.67. The second-order valence-electron chi connectivity index (χ2n) is 8.19. The summed E-state index contributed by atoms with van der Waals surface area (Å²) in [6, 6.07) is 25.1. The van der Waals surface area contributed by atoms with E-state index in [2.05, 4.69) is 59.9 Å². The van der Waals surface area contributed by atoms with E-state index in [-0.39, 0.29) is 11.8 Å². The summed E-state index contributed by atoms with van der Waals surface area (Å²) in [5, 5.41) is 10.4. The fourth-order valence-corrected chi connectivity index (χ4v) is 4.39. The smallest absolute Gasteiger partial charge is 0.228 e. The number of hydrogen-bond donors (Lipinski definition) is 1. The van der Waals surface area contributed by atoms with E-state index in [4.69, 9.17) is 5.10 Å². The molecule has 1 fully saturated rings. The van der Waals surface area contributed by atoms with Gasteiger partial charge in [0.1, 0.15) is 0 Å². The van der Waals surface area contributed by atoms with Crippen LogP contribution in [-0.4, -0.2) is 15.7 Å². The molecule has 30 heavy (non-hydrogen) atoms. The van der Waals surface area contributed by atoms with E-state index in [0.717, 1.165) is 23.5 Å². The topological polar surface area (TPSA) is 46.9 Å². The molecule has 0 unspecified atom stereocenters. The highest BCUT2D eigenvalue weighted by Crippen LogP contribution is 2.48. The van der Waals surface area contributed by atoms with Crippen LogP contribution in [0.2, 0.25) is 0 Å². The molecule has 4 aromatic rings. The normalized spacial score (nSPS) is 17.8. The maximum Gasteiger partial charge on any atom is 0.228 e. The Morgan fingerprint density at radius 3 is 2.57 bits per heavy atom. The number of carbonyl (C=O) groups excluding carboxylic acids is 1. The summed E-state index contributed by atoms with van der Waals surface area (Å²) in [7, 11) is 0. The second kappa shape index (κ2) is 7.45. The van der Waals surface area contributed by atoms with Gasteiger partial charge in [-0.05, 0) is 48.1 Å². The van der Waals surface area contributed by atoms with Crippen LogP contribution in [0.25, 0.3) is 10.8 Å². The van der Waals surface area contributed by atoms with Crippen LogP contribution in [0, 0.1) is 19.8 Å². The predicted octanol–water partition coefficient (Wildman–Crippen LogP) is 5.44. The summed E-state index contributed by atoms with van der Waals surface area (Å²) < 4.78 is 1.99. The van der Waals surface area contributed by atoms with Gasteiger partial charge >= 0.3 is 0 Å². The summed E-state index contributed by atoms with van der Waals surface area (Å²) in [6.07, 6.45) is 0.915. The number of nitrogens with one attached hydrogen (secondary N) is 1. The first kappa shape index (κ1) is 18.6. The Hall–Kier alpha value is -3.40. The van der Waals surface area contributed by atoms with Gasteiger partial charge in [-0.3, -0.25) is 9.48 Å². The van der Waals surface area contributed by atoms with Crippen molar-refractivity contribution in [1.82, 2.24) is 9.78 Å². The van der Waals surface area contributed by atoms with Crippen molar-refractivity contribution in [3.05, 3.63) is 95.3 Å². The van der Waals surface area contributed by atoms with Crippen molar-refractivity contribution >= 4 is 22.4 Å². The first-order valence-electron chi connectivity index (χ1n) is 10.5. The maximum atomic E-state index is 12.9. The Morgan fingerprint density at radius 2 is 1.73 bits per heavy atom. The second-order valence-corrected chi connectivity index (χ2v) is 8.19. The molecule has 1 amide bonds. The molecule has 0 aliphatic heterocycles. The zero-order valence-electron chi connectivity index (χ0n) is 17.3. The average molecular weight is 396 g/mol. The zero-order valence-corrected chi connectivity index (χ0v) is 17.3. The van der Waals surface area contributed by atoms with Crippen molar-refractivity contribution in [1.29, 1.82) is 0 Å². The number of aryl methyl sites for hydroxylation is 1. The number of rotatable bonds is 5. The minimum absolute atomic E-state index is 0.0487. The first-order chi connectivity index (χ1) is 14.6. The van der Waals surface area contributed by atoms with E-state index in [1.807, 2.05) is 36.7 Å². The molecular formula is C26H25N3O. The Balaban J connectivity index is 1.35. The van der Waals surface area contributed by atoms with Gasteiger partial charge in [-0.25, -0.2) is 0 Å². The molecule has 0 bridgehead atoms. The van der Waals surface area contributed by atoms with Crippen molar-refractivity contribution < 1.29 is 4.79 Å². The number of anilines is 1. The first-order valence-corrected chi connectivity index (χ1v) is 10.5. The number of nitrogens with zero attached hydrogens (tertiary/aromatic N) is 2. The minimum Gasteiger partial charge on any atom is -0.323 e. The highest BCUT2D eigenvalue weighted by molar-refractivity contribution is 5.96.